The second-order valence-corrected chi connectivity index (χ2v) is 6.28. The maximum Gasteiger partial charge on any atom is 1.20 e. The van der Waals surface area contributed by atoms with Crippen molar-refractivity contribution in [3.05, 3.63) is 0 Å². The van der Waals surface area contributed by atoms with E-state index >= 15 is 0 Å². The second-order valence-electron chi connectivity index (χ2n) is 4.99. The molecule has 0 aliphatic heterocycles. The first kappa shape index (κ1) is 29.0. The molecule has 15 heteroatoms. The van der Waals surface area contributed by atoms with Crippen molar-refractivity contribution in [3.8, 4) is 0 Å². The van der Waals surface area contributed by atoms with Crippen LogP contribution >= 0.6 is 0 Å². The summed E-state index contributed by atoms with van der Waals surface area (Å²) in [6.07, 6.45) is -2.81. The standard InChI is InChI=1S/C9H12O8.3C2H4O2.Al/c1-5(10)14-9(15-6(2)11,16-7(3)12)17-8(4)13;3*1-2(3)4;/h1-4H3;3*1H3,(H,3,4);/q;;;;+3/p-3. The number of hydrogen-bond acceptors (Lipinski definition) is 14. The van der Waals surface area contributed by atoms with Gasteiger partial charge in [-0.25, -0.2) is 0 Å². The molecule has 0 spiro atoms. The Bertz CT molecular complexity index is 577. The van der Waals surface area contributed by atoms with E-state index in [1.165, 1.54) is 0 Å². The van der Waals surface area contributed by atoms with Crippen LogP contribution in [0.4, 0.5) is 0 Å². The molecule has 0 saturated heterocycles. The molecule has 0 saturated carbocycles. The van der Waals surface area contributed by atoms with Crippen LogP contribution in [-0.4, -0.2) is 63.1 Å². The monoisotopic (exact) mass is 452 g/mol. The van der Waals surface area contributed by atoms with Crippen molar-refractivity contribution >= 4 is 56.9 Å². The van der Waals surface area contributed by atoms with E-state index in [0.717, 1.165) is 48.5 Å². The van der Waals surface area contributed by atoms with E-state index in [2.05, 4.69) is 30.3 Å². The number of esters is 4. The van der Waals surface area contributed by atoms with Gasteiger partial charge in [-0.1, -0.05) is 0 Å². The molecule has 0 fully saturated rings. The molecule has 30 heavy (non-hydrogen) atoms. The van der Waals surface area contributed by atoms with Gasteiger partial charge in [-0.2, -0.15) is 0 Å². The number of carbonyl (C=O) groups excluding carboxylic acids is 7. The lowest BCUT2D eigenvalue weighted by Crippen LogP contribution is -2.46. The molecule has 0 rings (SSSR count). The van der Waals surface area contributed by atoms with Crippen LogP contribution in [0.25, 0.3) is 0 Å². The SMILES string of the molecule is CC(=O)OC(OC(C)=O)(OC(C)=O)OC(C)=O.CC(=O)[O][Al]([O]C(C)=O)[O]C(C)=O. The highest BCUT2D eigenvalue weighted by molar-refractivity contribution is 6.43. The lowest BCUT2D eigenvalue weighted by molar-refractivity contribution is -0.430. The fourth-order valence-electron chi connectivity index (χ4n) is 1.31. The normalized spacial score (nSPS) is 9.43. The van der Waals surface area contributed by atoms with Crippen molar-refractivity contribution in [1.29, 1.82) is 0 Å². The van der Waals surface area contributed by atoms with Gasteiger partial charge in [-0.3, -0.25) is 33.6 Å². The molecule has 0 aromatic carbocycles. The van der Waals surface area contributed by atoms with E-state index in [0.29, 0.717) is 0 Å². The van der Waals surface area contributed by atoms with E-state index in [4.69, 9.17) is 0 Å². The first-order valence-corrected chi connectivity index (χ1v) is 9.30. The van der Waals surface area contributed by atoms with E-state index in [1.54, 1.807) is 0 Å². The van der Waals surface area contributed by atoms with Crippen LogP contribution in [0.1, 0.15) is 48.5 Å². The summed E-state index contributed by atoms with van der Waals surface area (Å²) < 4.78 is 31.1. The lowest BCUT2D eigenvalue weighted by Gasteiger charge is -2.26. The van der Waals surface area contributed by atoms with Gasteiger partial charge in [0.1, 0.15) is 0 Å². The van der Waals surface area contributed by atoms with Crippen LogP contribution in [0, 0.1) is 0 Å². The molecule has 0 aromatic rings. The number of ether oxygens (including phenoxy) is 4. The summed E-state index contributed by atoms with van der Waals surface area (Å²) in [4.78, 5) is 74.6. The van der Waals surface area contributed by atoms with E-state index in [-0.39, 0.29) is 0 Å². The molecule has 0 radical (unpaired) electrons. The van der Waals surface area contributed by atoms with Gasteiger partial charge in [0.25, 0.3) is 17.9 Å². The Kier molecular flexibility index (Phi) is 13.5. The number of hydrogen-bond donors (Lipinski definition) is 0. The summed E-state index contributed by atoms with van der Waals surface area (Å²) in [6.45, 7) is 7.19. The van der Waals surface area contributed by atoms with Gasteiger partial charge < -0.3 is 30.3 Å². The molecule has 0 aliphatic carbocycles. The fraction of sp³-hybridized carbons (Fsp3) is 0.533. The molecule has 0 atom stereocenters. The first-order valence-electron chi connectivity index (χ1n) is 7.88. The Hall–Kier alpha value is -3.18. The predicted molar refractivity (Wildman–Crippen MR) is 90.8 cm³/mol. The molecule has 0 aromatic heterocycles. The molecule has 0 heterocycles. The summed E-state index contributed by atoms with van der Waals surface area (Å²) in [5.41, 5.74) is 0. The molecule has 14 nitrogen and oxygen atoms in total. The minimum Gasteiger partial charge on any atom is -0.551 e. The zero-order valence-electron chi connectivity index (χ0n) is 17.3. The molecular weight excluding hydrogens is 431 g/mol. The summed E-state index contributed by atoms with van der Waals surface area (Å²) in [6, 6.07) is 0. The smallest absolute Gasteiger partial charge is 0.551 e. The zero-order chi connectivity index (χ0) is 24.1. The molecule has 0 unspecified atom stereocenters. The second kappa shape index (κ2) is 13.9. The van der Waals surface area contributed by atoms with Gasteiger partial charge in [-0.05, 0) is 0 Å². The Labute approximate surface area is 176 Å². The number of rotatable bonds is 7. The van der Waals surface area contributed by atoms with Gasteiger partial charge in [0.05, 0.1) is 0 Å². The fourth-order valence-corrected chi connectivity index (χ4v) is 2.27. The Morgan fingerprint density at radius 2 is 0.633 bits per heavy atom. The van der Waals surface area contributed by atoms with E-state index in [1.807, 2.05) is 0 Å². The van der Waals surface area contributed by atoms with Crippen LogP contribution < -0.4 is 0 Å². The van der Waals surface area contributed by atoms with Crippen molar-refractivity contribution in [1.82, 2.24) is 0 Å². The molecule has 0 bridgehead atoms. The Morgan fingerprint density at radius 1 is 0.433 bits per heavy atom. The molecule has 0 amide bonds. The summed E-state index contributed by atoms with van der Waals surface area (Å²) in [7, 11) is 0. The third-order valence-corrected chi connectivity index (χ3v) is 3.43. The summed E-state index contributed by atoms with van der Waals surface area (Å²) in [5, 5.41) is 0. The van der Waals surface area contributed by atoms with Gasteiger partial charge in [0.2, 0.25) is 0 Å². The van der Waals surface area contributed by atoms with Crippen LogP contribution in [-0.2, 0) is 63.9 Å². The maximum atomic E-state index is 10.8. The third-order valence-electron chi connectivity index (χ3n) is 1.86. The van der Waals surface area contributed by atoms with Crippen LogP contribution in [0.2, 0.25) is 0 Å². The minimum atomic E-state index is -2.96. The third kappa shape index (κ3) is 17.0. The van der Waals surface area contributed by atoms with E-state index < -0.39 is 63.1 Å². The Morgan fingerprint density at radius 3 is 0.767 bits per heavy atom. The maximum absolute atomic E-state index is 10.8. The molecule has 168 valence electrons. The van der Waals surface area contributed by atoms with Gasteiger partial charge >= 0.3 is 45.2 Å². The average molecular weight is 452 g/mol. The first-order chi connectivity index (χ1) is 13.6. The van der Waals surface area contributed by atoms with Crippen molar-refractivity contribution < 1.29 is 63.9 Å². The van der Waals surface area contributed by atoms with E-state index in [9.17, 15) is 33.6 Å². The highest BCUT2D eigenvalue weighted by Gasteiger charge is 2.48. The predicted octanol–water partition coefficient (Wildman–Crippen LogP) is -0.489. The topological polar surface area (TPSA) is 184 Å². The molecule has 0 N–H and O–H groups in total. The van der Waals surface area contributed by atoms with Crippen LogP contribution in [0.5, 0.6) is 0 Å². The van der Waals surface area contributed by atoms with Crippen molar-refractivity contribution in [3.63, 3.8) is 0 Å². The molecular formula is C15H21AlO14. The van der Waals surface area contributed by atoms with Gasteiger partial charge in [0.15, 0.2) is 0 Å². The highest BCUT2D eigenvalue weighted by Crippen LogP contribution is 2.19. The van der Waals surface area contributed by atoms with Crippen LogP contribution in [0.3, 0.4) is 0 Å². The van der Waals surface area contributed by atoms with Crippen molar-refractivity contribution in [2.45, 2.75) is 54.6 Å². The zero-order valence-corrected chi connectivity index (χ0v) is 18.4. The Balaban J connectivity index is 0. The van der Waals surface area contributed by atoms with Gasteiger partial charge in [-0.15, -0.1) is 0 Å². The van der Waals surface area contributed by atoms with Crippen molar-refractivity contribution in [2.75, 3.05) is 0 Å². The quantitative estimate of drug-likeness (QED) is 0.274. The minimum absolute atomic E-state index is 0.654. The average Bonchev–Trinajstić information content (AvgIpc) is 2.41. The molecule has 0 aliphatic rings. The summed E-state index contributed by atoms with van der Waals surface area (Å²) >= 11 is -2.96. The lowest BCUT2D eigenvalue weighted by atomic mass is 10.7. The number of carbonyl (C=O) groups is 7. The highest BCUT2D eigenvalue weighted by atomic mass is 27.3. The largest absolute Gasteiger partial charge is 1.20 e. The van der Waals surface area contributed by atoms with Crippen LogP contribution in [0.15, 0.2) is 0 Å². The summed E-state index contributed by atoms with van der Waals surface area (Å²) in [5.74, 6) is -5.87. The van der Waals surface area contributed by atoms with Gasteiger partial charge in [0, 0.05) is 48.5 Å². The van der Waals surface area contributed by atoms with Crippen molar-refractivity contribution in [2.24, 2.45) is 0 Å².